The van der Waals surface area contributed by atoms with Crippen molar-refractivity contribution in [1.29, 1.82) is 0 Å². The summed E-state index contributed by atoms with van der Waals surface area (Å²) in [6.07, 6.45) is 1.47. The van der Waals surface area contributed by atoms with Crippen LogP contribution in [0.3, 0.4) is 0 Å². The maximum absolute atomic E-state index is 12.3. The highest BCUT2D eigenvalue weighted by atomic mass is 35.5. The van der Waals surface area contributed by atoms with Gasteiger partial charge in [-0.3, -0.25) is 9.59 Å². The molecule has 1 fully saturated rings. The molecule has 2 aromatic carbocycles. The third kappa shape index (κ3) is 4.14. The van der Waals surface area contributed by atoms with E-state index in [9.17, 15) is 9.59 Å². The Labute approximate surface area is 156 Å². The fourth-order valence-corrected chi connectivity index (χ4v) is 3.16. The molecule has 2 aromatic rings. The Hall–Kier alpha value is -2.04. The number of aryl methyl sites for hydroxylation is 1. The molecule has 2 atom stereocenters. The summed E-state index contributed by atoms with van der Waals surface area (Å²) in [6.45, 7) is 2.08. The van der Waals surface area contributed by atoms with Crippen LogP contribution in [0.1, 0.15) is 18.9 Å². The zero-order valence-electron chi connectivity index (χ0n) is 13.7. The normalized spacial score (nSPS) is 18.5. The third-order valence-electron chi connectivity index (χ3n) is 4.30. The second-order valence-corrected chi connectivity index (χ2v) is 6.89. The number of amides is 2. The summed E-state index contributed by atoms with van der Waals surface area (Å²) in [5.74, 6) is -1.07. The van der Waals surface area contributed by atoms with E-state index in [2.05, 4.69) is 17.6 Å². The van der Waals surface area contributed by atoms with Crippen molar-refractivity contribution >= 4 is 46.4 Å². The minimum absolute atomic E-state index is 0.144. The lowest BCUT2D eigenvalue weighted by Crippen LogP contribution is -2.20. The molecule has 4 nitrogen and oxygen atoms in total. The van der Waals surface area contributed by atoms with E-state index >= 15 is 0 Å². The number of nitrogens with one attached hydrogen (secondary N) is 2. The van der Waals surface area contributed by atoms with Gasteiger partial charge in [0.2, 0.25) is 11.8 Å². The van der Waals surface area contributed by atoms with Gasteiger partial charge in [0, 0.05) is 5.69 Å². The van der Waals surface area contributed by atoms with Crippen molar-refractivity contribution in [1.82, 2.24) is 0 Å². The minimum atomic E-state index is -0.359. The van der Waals surface area contributed by atoms with Crippen molar-refractivity contribution in [2.75, 3.05) is 10.6 Å². The van der Waals surface area contributed by atoms with Crippen molar-refractivity contribution in [3.8, 4) is 0 Å². The Kier molecular flexibility index (Phi) is 5.30. The molecule has 0 aromatic heterocycles. The summed E-state index contributed by atoms with van der Waals surface area (Å²) in [7, 11) is 0. The van der Waals surface area contributed by atoms with Gasteiger partial charge in [0.1, 0.15) is 0 Å². The predicted molar refractivity (Wildman–Crippen MR) is 101 cm³/mol. The Morgan fingerprint density at radius 3 is 2.08 bits per heavy atom. The largest absolute Gasteiger partial charge is 0.326 e. The van der Waals surface area contributed by atoms with E-state index in [1.807, 2.05) is 24.3 Å². The average Bonchev–Trinajstić information content (AvgIpc) is 3.40. The number of benzene rings is 2. The number of hydrogen-bond acceptors (Lipinski definition) is 2. The SMILES string of the molecule is CCc1ccc(NC(=O)C2CC2C(=O)Nc2c(Cl)cccc2Cl)cc1. The summed E-state index contributed by atoms with van der Waals surface area (Å²) in [5.41, 5.74) is 2.33. The molecule has 130 valence electrons. The van der Waals surface area contributed by atoms with Crippen molar-refractivity contribution in [2.45, 2.75) is 19.8 Å². The van der Waals surface area contributed by atoms with E-state index < -0.39 is 0 Å². The second-order valence-electron chi connectivity index (χ2n) is 6.07. The molecular weight excluding hydrogens is 359 g/mol. The first-order valence-corrected chi connectivity index (χ1v) is 8.90. The molecule has 0 aliphatic heterocycles. The van der Waals surface area contributed by atoms with Crippen LogP contribution in [0.2, 0.25) is 10.0 Å². The van der Waals surface area contributed by atoms with E-state index in [0.29, 0.717) is 22.2 Å². The number of carbonyl (C=O) groups is 2. The number of carbonyl (C=O) groups excluding carboxylic acids is 2. The molecule has 25 heavy (non-hydrogen) atoms. The Morgan fingerprint density at radius 2 is 1.52 bits per heavy atom. The summed E-state index contributed by atoms with van der Waals surface area (Å²) in [5, 5.41) is 6.32. The molecule has 6 heteroatoms. The molecule has 0 radical (unpaired) electrons. The highest BCUT2D eigenvalue weighted by Gasteiger charge is 2.48. The van der Waals surface area contributed by atoms with Crippen LogP contribution in [-0.4, -0.2) is 11.8 Å². The zero-order valence-corrected chi connectivity index (χ0v) is 15.2. The van der Waals surface area contributed by atoms with Gasteiger partial charge in [-0.05, 0) is 42.7 Å². The standard InChI is InChI=1S/C19H18Cl2N2O2/c1-2-11-6-8-12(9-7-11)22-18(24)13-10-14(13)19(25)23-17-15(20)4-3-5-16(17)21/h3-9,13-14H,2,10H2,1H3,(H,22,24)(H,23,25). The molecular formula is C19H18Cl2N2O2. The van der Waals surface area contributed by atoms with Crippen molar-refractivity contribution in [3.63, 3.8) is 0 Å². The van der Waals surface area contributed by atoms with E-state index in [-0.39, 0.29) is 23.7 Å². The Balaban J connectivity index is 1.57. The second kappa shape index (κ2) is 7.46. The van der Waals surface area contributed by atoms with Gasteiger partial charge >= 0.3 is 0 Å². The number of anilines is 2. The molecule has 3 rings (SSSR count). The monoisotopic (exact) mass is 376 g/mol. The minimum Gasteiger partial charge on any atom is -0.326 e. The highest BCUT2D eigenvalue weighted by Crippen LogP contribution is 2.41. The number of para-hydroxylation sites is 1. The van der Waals surface area contributed by atoms with Gasteiger partial charge in [-0.2, -0.15) is 0 Å². The summed E-state index contributed by atoms with van der Waals surface area (Å²) >= 11 is 12.1. The van der Waals surface area contributed by atoms with Crippen LogP contribution >= 0.6 is 23.2 Å². The molecule has 2 amide bonds. The van der Waals surface area contributed by atoms with Crippen LogP contribution in [0, 0.1) is 11.8 Å². The lowest BCUT2D eigenvalue weighted by molar-refractivity contribution is -0.122. The maximum atomic E-state index is 12.3. The molecule has 0 spiro atoms. The molecule has 1 aliphatic carbocycles. The van der Waals surface area contributed by atoms with Gasteiger partial charge < -0.3 is 10.6 Å². The molecule has 1 saturated carbocycles. The van der Waals surface area contributed by atoms with Crippen LogP contribution in [0.5, 0.6) is 0 Å². The van der Waals surface area contributed by atoms with Crippen LogP contribution in [-0.2, 0) is 16.0 Å². The van der Waals surface area contributed by atoms with Gasteiger partial charge in [-0.25, -0.2) is 0 Å². The van der Waals surface area contributed by atoms with Gasteiger partial charge in [-0.1, -0.05) is 48.3 Å². The lowest BCUT2D eigenvalue weighted by atomic mass is 10.1. The van der Waals surface area contributed by atoms with Gasteiger partial charge in [-0.15, -0.1) is 0 Å². The fourth-order valence-electron chi connectivity index (χ4n) is 2.67. The Bertz CT molecular complexity index is 785. The topological polar surface area (TPSA) is 58.2 Å². The van der Waals surface area contributed by atoms with Crippen LogP contribution in [0.4, 0.5) is 11.4 Å². The van der Waals surface area contributed by atoms with Gasteiger partial charge in [0.25, 0.3) is 0 Å². The molecule has 2 unspecified atom stereocenters. The van der Waals surface area contributed by atoms with E-state index in [4.69, 9.17) is 23.2 Å². The fraction of sp³-hybridized carbons (Fsp3) is 0.263. The molecule has 0 saturated heterocycles. The molecule has 2 N–H and O–H groups in total. The lowest BCUT2D eigenvalue weighted by Gasteiger charge is -2.09. The third-order valence-corrected chi connectivity index (χ3v) is 4.93. The molecule has 0 heterocycles. The summed E-state index contributed by atoms with van der Waals surface area (Å²) < 4.78 is 0. The number of rotatable bonds is 5. The van der Waals surface area contributed by atoms with Crippen LogP contribution in [0.15, 0.2) is 42.5 Å². The van der Waals surface area contributed by atoms with E-state index in [1.165, 1.54) is 5.56 Å². The first-order valence-electron chi connectivity index (χ1n) is 8.14. The quantitative estimate of drug-likeness (QED) is 0.789. The predicted octanol–water partition coefficient (Wildman–Crippen LogP) is 4.77. The molecule has 1 aliphatic rings. The zero-order chi connectivity index (χ0) is 18.0. The van der Waals surface area contributed by atoms with Crippen molar-refractivity contribution < 1.29 is 9.59 Å². The Morgan fingerprint density at radius 1 is 0.960 bits per heavy atom. The van der Waals surface area contributed by atoms with Gasteiger partial charge in [0.15, 0.2) is 0 Å². The smallest absolute Gasteiger partial charge is 0.228 e. The van der Waals surface area contributed by atoms with Crippen LogP contribution in [0.25, 0.3) is 0 Å². The van der Waals surface area contributed by atoms with Crippen molar-refractivity contribution in [3.05, 3.63) is 58.1 Å². The number of hydrogen-bond donors (Lipinski definition) is 2. The number of halogens is 2. The van der Waals surface area contributed by atoms with Crippen molar-refractivity contribution in [2.24, 2.45) is 11.8 Å². The van der Waals surface area contributed by atoms with Gasteiger partial charge in [0.05, 0.1) is 27.6 Å². The summed E-state index contributed by atoms with van der Waals surface area (Å²) in [6, 6.07) is 12.7. The van der Waals surface area contributed by atoms with Crippen LogP contribution < -0.4 is 10.6 Å². The maximum Gasteiger partial charge on any atom is 0.228 e. The molecule has 0 bridgehead atoms. The van der Waals surface area contributed by atoms with E-state index in [1.54, 1.807) is 18.2 Å². The highest BCUT2D eigenvalue weighted by molar-refractivity contribution is 6.39. The average molecular weight is 377 g/mol. The first kappa shape index (κ1) is 17.8. The van der Waals surface area contributed by atoms with E-state index in [0.717, 1.165) is 12.1 Å². The summed E-state index contributed by atoms with van der Waals surface area (Å²) in [4.78, 5) is 24.6. The first-order chi connectivity index (χ1) is 12.0.